The molecule has 2 amide bonds. The number of rotatable bonds is 3. The molecular formula is C14H10Cl3N3O2. The number of pyridine rings is 1. The van der Waals surface area contributed by atoms with Crippen molar-refractivity contribution in [2.45, 2.75) is 6.54 Å². The van der Waals surface area contributed by atoms with Crippen LogP contribution in [-0.2, 0) is 16.1 Å². The Kier molecular flexibility index (Phi) is 5.60. The number of hydrogen-bond acceptors (Lipinski definition) is 3. The van der Waals surface area contributed by atoms with Gasteiger partial charge in [0, 0.05) is 24.6 Å². The third-order valence-electron chi connectivity index (χ3n) is 2.62. The quantitative estimate of drug-likeness (QED) is 0.653. The van der Waals surface area contributed by atoms with Gasteiger partial charge in [-0.05, 0) is 23.8 Å². The lowest BCUT2D eigenvalue weighted by atomic mass is 10.3. The van der Waals surface area contributed by atoms with Gasteiger partial charge in [0.15, 0.2) is 0 Å². The smallest absolute Gasteiger partial charge is 0.313 e. The van der Waals surface area contributed by atoms with Crippen molar-refractivity contribution in [3.8, 4) is 0 Å². The molecule has 5 nitrogen and oxygen atoms in total. The highest BCUT2D eigenvalue weighted by Gasteiger charge is 2.15. The molecule has 0 aliphatic carbocycles. The summed E-state index contributed by atoms with van der Waals surface area (Å²) in [6.45, 7) is 0.197. The van der Waals surface area contributed by atoms with Gasteiger partial charge < -0.3 is 10.6 Å². The summed E-state index contributed by atoms with van der Waals surface area (Å²) in [6, 6.07) is 6.33. The Morgan fingerprint density at radius 1 is 1.09 bits per heavy atom. The molecule has 114 valence electrons. The molecular weight excluding hydrogens is 349 g/mol. The first-order valence-electron chi connectivity index (χ1n) is 6.10. The normalized spacial score (nSPS) is 10.1. The number of nitrogens with one attached hydrogen (secondary N) is 2. The van der Waals surface area contributed by atoms with E-state index in [4.69, 9.17) is 34.8 Å². The third kappa shape index (κ3) is 4.34. The van der Waals surface area contributed by atoms with Crippen LogP contribution in [0.3, 0.4) is 0 Å². The van der Waals surface area contributed by atoms with Crippen LogP contribution >= 0.6 is 34.8 Å². The second kappa shape index (κ2) is 7.45. The fourth-order valence-corrected chi connectivity index (χ4v) is 2.18. The van der Waals surface area contributed by atoms with E-state index in [0.717, 1.165) is 5.56 Å². The van der Waals surface area contributed by atoms with Crippen LogP contribution in [0.4, 0.5) is 5.69 Å². The lowest BCUT2D eigenvalue weighted by Gasteiger charge is -2.08. The van der Waals surface area contributed by atoms with Crippen LogP contribution in [0.2, 0.25) is 15.1 Å². The number of nitrogens with zero attached hydrogens (tertiary/aromatic N) is 1. The first kappa shape index (κ1) is 16.5. The Labute approximate surface area is 141 Å². The minimum Gasteiger partial charge on any atom is -0.344 e. The summed E-state index contributed by atoms with van der Waals surface area (Å²) >= 11 is 17.5. The van der Waals surface area contributed by atoms with Gasteiger partial charge in [-0.25, -0.2) is 0 Å². The molecule has 0 aliphatic rings. The van der Waals surface area contributed by atoms with Gasteiger partial charge >= 0.3 is 11.8 Å². The van der Waals surface area contributed by atoms with Crippen LogP contribution in [0.15, 0.2) is 36.7 Å². The van der Waals surface area contributed by atoms with Crippen LogP contribution in [0, 0.1) is 0 Å². The Balaban J connectivity index is 1.95. The van der Waals surface area contributed by atoms with E-state index in [2.05, 4.69) is 15.6 Å². The molecule has 0 saturated carbocycles. The Morgan fingerprint density at radius 3 is 2.36 bits per heavy atom. The maximum atomic E-state index is 11.8. The SMILES string of the molecule is O=C(NCc1cccnc1)C(=O)Nc1cc(Cl)c(Cl)c(Cl)c1. The number of benzene rings is 1. The van der Waals surface area contributed by atoms with E-state index < -0.39 is 11.8 Å². The first-order chi connectivity index (χ1) is 10.5. The predicted molar refractivity (Wildman–Crippen MR) is 86.2 cm³/mol. The van der Waals surface area contributed by atoms with Crippen molar-refractivity contribution >= 4 is 52.3 Å². The number of carbonyl (C=O) groups is 2. The van der Waals surface area contributed by atoms with Gasteiger partial charge in [-0.15, -0.1) is 0 Å². The molecule has 0 fully saturated rings. The maximum absolute atomic E-state index is 11.8. The van der Waals surface area contributed by atoms with E-state index in [9.17, 15) is 9.59 Å². The molecule has 0 aliphatic heterocycles. The van der Waals surface area contributed by atoms with Crippen molar-refractivity contribution in [2.24, 2.45) is 0 Å². The highest BCUT2D eigenvalue weighted by atomic mass is 35.5. The van der Waals surface area contributed by atoms with Crippen molar-refractivity contribution in [3.63, 3.8) is 0 Å². The molecule has 0 unspecified atom stereocenters. The van der Waals surface area contributed by atoms with E-state index in [1.807, 2.05) is 0 Å². The Morgan fingerprint density at radius 2 is 1.77 bits per heavy atom. The Hall–Kier alpha value is -1.82. The second-order valence-corrected chi connectivity index (χ2v) is 5.44. The van der Waals surface area contributed by atoms with Gasteiger partial charge in [0.2, 0.25) is 0 Å². The fraction of sp³-hybridized carbons (Fsp3) is 0.0714. The molecule has 2 aromatic rings. The zero-order valence-electron chi connectivity index (χ0n) is 11.1. The number of halogens is 3. The van der Waals surface area contributed by atoms with Crippen molar-refractivity contribution in [1.29, 1.82) is 0 Å². The molecule has 2 rings (SSSR count). The lowest BCUT2D eigenvalue weighted by Crippen LogP contribution is -2.34. The van der Waals surface area contributed by atoms with Gasteiger partial charge in [-0.3, -0.25) is 14.6 Å². The maximum Gasteiger partial charge on any atom is 0.313 e. The van der Waals surface area contributed by atoms with Crippen LogP contribution in [0.5, 0.6) is 0 Å². The summed E-state index contributed by atoms with van der Waals surface area (Å²) in [7, 11) is 0. The zero-order chi connectivity index (χ0) is 16.1. The molecule has 22 heavy (non-hydrogen) atoms. The fourth-order valence-electron chi connectivity index (χ4n) is 1.58. The highest BCUT2D eigenvalue weighted by Crippen LogP contribution is 2.33. The van der Waals surface area contributed by atoms with Gasteiger partial charge in [0.1, 0.15) is 0 Å². The topological polar surface area (TPSA) is 71.1 Å². The number of carbonyl (C=O) groups excluding carboxylic acids is 2. The summed E-state index contributed by atoms with van der Waals surface area (Å²) in [5, 5.41) is 5.41. The average molecular weight is 359 g/mol. The largest absolute Gasteiger partial charge is 0.344 e. The zero-order valence-corrected chi connectivity index (χ0v) is 13.3. The Bertz CT molecular complexity index is 685. The summed E-state index contributed by atoms with van der Waals surface area (Å²) in [4.78, 5) is 27.4. The van der Waals surface area contributed by atoms with E-state index in [1.54, 1.807) is 24.5 Å². The number of amides is 2. The van der Waals surface area contributed by atoms with E-state index in [0.29, 0.717) is 0 Å². The molecule has 0 spiro atoms. The summed E-state index contributed by atoms with van der Waals surface area (Å²) in [5.74, 6) is -1.62. The average Bonchev–Trinajstić information content (AvgIpc) is 2.51. The monoisotopic (exact) mass is 357 g/mol. The van der Waals surface area contributed by atoms with E-state index in [1.165, 1.54) is 12.1 Å². The highest BCUT2D eigenvalue weighted by molar-refractivity contribution is 6.48. The van der Waals surface area contributed by atoms with E-state index in [-0.39, 0.29) is 27.3 Å². The van der Waals surface area contributed by atoms with Gasteiger partial charge in [-0.2, -0.15) is 0 Å². The van der Waals surface area contributed by atoms with Crippen molar-refractivity contribution in [3.05, 3.63) is 57.3 Å². The summed E-state index contributed by atoms with van der Waals surface area (Å²) < 4.78 is 0. The molecule has 0 saturated heterocycles. The molecule has 8 heteroatoms. The molecule has 1 aromatic carbocycles. The van der Waals surface area contributed by atoms with Gasteiger partial charge in [0.05, 0.1) is 15.1 Å². The molecule has 2 N–H and O–H groups in total. The molecule has 1 heterocycles. The minimum atomic E-state index is -0.835. The molecule has 0 radical (unpaired) electrons. The summed E-state index contributed by atoms with van der Waals surface area (Å²) in [5.41, 5.74) is 1.06. The molecule has 0 atom stereocenters. The first-order valence-corrected chi connectivity index (χ1v) is 7.23. The minimum absolute atomic E-state index is 0.181. The second-order valence-electron chi connectivity index (χ2n) is 4.25. The number of aromatic nitrogens is 1. The van der Waals surface area contributed by atoms with Crippen LogP contribution in [0.1, 0.15) is 5.56 Å². The summed E-state index contributed by atoms with van der Waals surface area (Å²) in [6.07, 6.45) is 3.21. The number of anilines is 1. The number of hydrogen-bond donors (Lipinski definition) is 2. The van der Waals surface area contributed by atoms with E-state index >= 15 is 0 Å². The van der Waals surface area contributed by atoms with Gasteiger partial charge in [-0.1, -0.05) is 40.9 Å². The van der Waals surface area contributed by atoms with Crippen LogP contribution in [-0.4, -0.2) is 16.8 Å². The molecule has 0 bridgehead atoms. The standard InChI is InChI=1S/C14H10Cl3N3O2/c15-10-4-9(5-11(16)12(10)17)20-14(22)13(21)19-7-8-2-1-3-18-6-8/h1-6H,7H2,(H,19,21)(H,20,22). The van der Waals surface area contributed by atoms with Gasteiger partial charge in [0.25, 0.3) is 0 Å². The van der Waals surface area contributed by atoms with Crippen molar-refractivity contribution in [2.75, 3.05) is 5.32 Å². The van der Waals surface area contributed by atoms with Crippen LogP contribution in [0.25, 0.3) is 0 Å². The van der Waals surface area contributed by atoms with Crippen molar-refractivity contribution < 1.29 is 9.59 Å². The third-order valence-corrected chi connectivity index (χ3v) is 3.82. The lowest BCUT2D eigenvalue weighted by molar-refractivity contribution is -0.136. The van der Waals surface area contributed by atoms with Crippen molar-refractivity contribution in [1.82, 2.24) is 10.3 Å². The van der Waals surface area contributed by atoms with Crippen LogP contribution < -0.4 is 10.6 Å². The molecule has 1 aromatic heterocycles. The predicted octanol–water partition coefficient (Wildman–Crippen LogP) is 3.30.